The molecule has 0 amide bonds. The van der Waals surface area contributed by atoms with Crippen LogP contribution in [0.3, 0.4) is 0 Å². The number of rotatable bonds is 2. The summed E-state index contributed by atoms with van der Waals surface area (Å²) >= 11 is 12.0. The van der Waals surface area contributed by atoms with Crippen LogP contribution in [0.15, 0.2) is 30.6 Å². The van der Waals surface area contributed by atoms with Crippen LogP contribution in [0, 0.1) is 5.82 Å². The Balaban J connectivity index is 2.37. The Morgan fingerprint density at radius 1 is 1.12 bits per heavy atom. The molecule has 0 saturated heterocycles. The summed E-state index contributed by atoms with van der Waals surface area (Å²) in [6, 6.07) is 3.38. The molecule has 2 nitrogen and oxygen atoms in total. The number of halogens is 6. The van der Waals surface area contributed by atoms with Gasteiger partial charge in [-0.25, -0.2) is 9.37 Å². The van der Waals surface area contributed by atoms with Crippen LogP contribution in [0.1, 0.15) is 18.2 Å². The SMILES string of the molecule is CCc1cc(-c2c(Cl)cc(C(F)(F)F)n3ccnc23)c(F)cc1Cl. The van der Waals surface area contributed by atoms with E-state index in [1.807, 2.05) is 6.92 Å². The van der Waals surface area contributed by atoms with E-state index in [0.29, 0.717) is 12.0 Å². The lowest BCUT2D eigenvalue weighted by atomic mass is 10.0. The lowest BCUT2D eigenvalue weighted by Gasteiger charge is -2.15. The van der Waals surface area contributed by atoms with Gasteiger partial charge in [0.1, 0.15) is 17.2 Å². The number of hydrogen-bond donors (Lipinski definition) is 0. The zero-order valence-electron chi connectivity index (χ0n) is 12.3. The predicted molar refractivity (Wildman–Crippen MR) is 85.0 cm³/mol. The van der Waals surface area contributed by atoms with Gasteiger partial charge in [0.15, 0.2) is 0 Å². The van der Waals surface area contributed by atoms with Crippen molar-refractivity contribution in [2.24, 2.45) is 0 Å². The summed E-state index contributed by atoms with van der Waals surface area (Å²) in [6.45, 7) is 1.84. The van der Waals surface area contributed by atoms with Crippen LogP contribution < -0.4 is 0 Å². The number of fused-ring (bicyclic) bond motifs is 1. The molecule has 0 bridgehead atoms. The monoisotopic (exact) mass is 376 g/mol. The third kappa shape index (κ3) is 2.74. The molecule has 0 fully saturated rings. The quantitative estimate of drug-likeness (QED) is 0.499. The molecule has 0 aliphatic carbocycles. The molecule has 126 valence electrons. The fraction of sp³-hybridized carbons (Fsp3) is 0.188. The molecule has 0 atom stereocenters. The van der Waals surface area contributed by atoms with E-state index < -0.39 is 17.7 Å². The summed E-state index contributed by atoms with van der Waals surface area (Å²) in [5.41, 5.74) is -0.231. The van der Waals surface area contributed by atoms with Gasteiger partial charge >= 0.3 is 6.18 Å². The highest BCUT2D eigenvalue weighted by atomic mass is 35.5. The fourth-order valence-corrected chi connectivity index (χ4v) is 3.15. The van der Waals surface area contributed by atoms with Crippen molar-refractivity contribution in [3.8, 4) is 11.1 Å². The molecule has 0 radical (unpaired) electrons. The number of pyridine rings is 1. The second-order valence-electron chi connectivity index (χ2n) is 5.15. The Morgan fingerprint density at radius 2 is 1.83 bits per heavy atom. The van der Waals surface area contributed by atoms with Crippen LogP contribution in [-0.2, 0) is 12.6 Å². The van der Waals surface area contributed by atoms with Gasteiger partial charge in [-0.1, -0.05) is 30.1 Å². The lowest BCUT2D eigenvalue weighted by Crippen LogP contribution is -2.12. The van der Waals surface area contributed by atoms with Gasteiger partial charge in [-0.3, -0.25) is 4.40 Å². The molecule has 0 N–H and O–H groups in total. The molecule has 0 aliphatic heterocycles. The Labute approximate surface area is 144 Å². The van der Waals surface area contributed by atoms with Crippen LogP contribution in [0.5, 0.6) is 0 Å². The molecule has 8 heteroatoms. The minimum atomic E-state index is -4.62. The largest absolute Gasteiger partial charge is 0.431 e. The molecule has 0 saturated carbocycles. The first-order chi connectivity index (χ1) is 11.2. The van der Waals surface area contributed by atoms with Gasteiger partial charge in [0.2, 0.25) is 0 Å². The van der Waals surface area contributed by atoms with Gasteiger partial charge in [-0.15, -0.1) is 0 Å². The van der Waals surface area contributed by atoms with Crippen LogP contribution >= 0.6 is 23.2 Å². The van der Waals surface area contributed by atoms with E-state index in [9.17, 15) is 17.6 Å². The van der Waals surface area contributed by atoms with Crippen LogP contribution in [0.4, 0.5) is 17.6 Å². The molecule has 0 spiro atoms. The van der Waals surface area contributed by atoms with Gasteiger partial charge in [0, 0.05) is 28.5 Å². The van der Waals surface area contributed by atoms with E-state index in [1.54, 1.807) is 0 Å². The first kappa shape index (κ1) is 17.0. The maximum Gasteiger partial charge on any atom is 0.431 e. The fourth-order valence-electron chi connectivity index (χ4n) is 2.58. The predicted octanol–water partition coefficient (Wildman–Crippen LogP) is 6.03. The minimum absolute atomic E-state index is 0.0613. The summed E-state index contributed by atoms with van der Waals surface area (Å²) in [6.07, 6.45) is -1.71. The highest BCUT2D eigenvalue weighted by Crippen LogP contribution is 2.40. The van der Waals surface area contributed by atoms with Gasteiger partial charge in [0.25, 0.3) is 0 Å². The molecule has 1 aromatic carbocycles. The second kappa shape index (κ2) is 5.93. The molecule has 2 heterocycles. The summed E-state index contributed by atoms with van der Waals surface area (Å²) in [5, 5.41) is 0.0189. The lowest BCUT2D eigenvalue weighted by molar-refractivity contribution is -0.142. The number of aromatic nitrogens is 2. The number of nitrogens with zero attached hydrogens (tertiary/aromatic N) is 2. The van der Waals surface area contributed by atoms with Crippen molar-refractivity contribution in [2.45, 2.75) is 19.5 Å². The molecular weight excluding hydrogens is 367 g/mol. The topological polar surface area (TPSA) is 17.3 Å². The third-order valence-corrected chi connectivity index (χ3v) is 4.35. The zero-order valence-corrected chi connectivity index (χ0v) is 13.8. The van der Waals surface area contributed by atoms with E-state index in [0.717, 1.165) is 22.7 Å². The van der Waals surface area contributed by atoms with E-state index in [2.05, 4.69) is 4.98 Å². The van der Waals surface area contributed by atoms with Crippen LogP contribution in [-0.4, -0.2) is 9.38 Å². The van der Waals surface area contributed by atoms with Crippen LogP contribution in [0.2, 0.25) is 10.0 Å². The Morgan fingerprint density at radius 3 is 2.46 bits per heavy atom. The number of benzene rings is 1. The van der Waals surface area contributed by atoms with Gasteiger partial charge in [-0.2, -0.15) is 13.2 Å². The molecule has 3 aromatic rings. The van der Waals surface area contributed by atoms with Gasteiger partial charge in [-0.05, 0) is 30.2 Å². The second-order valence-corrected chi connectivity index (χ2v) is 5.96. The first-order valence-corrected chi connectivity index (χ1v) is 7.70. The standard InChI is InChI=1S/C16H10Cl2F4N2/c1-2-8-5-9(12(19)6-10(8)17)14-11(18)7-13(16(20,21)22)24-4-3-23-15(14)24/h3-7H,2H2,1H3. The zero-order chi connectivity index (χ0) is 17.6. The van der Waals surface area contributed by atoms with E-state index >= 15 is 0 Å². The summed E-state index contributed by atoms with van der Waals surface area (Å²) < 4.78 is 54.7. The Kier molecular flexibility index (Phi) is 4.21. The van der Waals surface area contributed by atoms with Crippen molar-refractivity contribution in [3.63, 3.8) is 0 Å². The molecule has 0 unspecified atom stereocenters. The number of imidazole rings is 1. The minimum Gasteiger partial charge on any atom is -0.295 e. The van der Waals surface area contributed by atoms with E-state index in [-0.39, 0.29) is 26.8 Å². The highest BCUT2D eigenvalue weighted by molar-refractivity contribution is 6.34. The molecule has 24 heavy (non-hydrogen) atoms. The Bertz CT molecular complexity index is 932. The third-order valence-electron chi connectivity index (χ3n) is 3.70. The Hall–Kier alpha value is -1.79. The summed E-state index contributed by atoms with van der Waals surface area (Å²) in [5.74, 6) is -0.677. The van der Waals surface area contributed by atoms with Crippen molar-refractivity contribution in [2.75, 3.05) is 0 Å². The molecule has 3 rings (SSSR count). The molecule has 2 aromatic heterocycles. The van der Waals surface area contributed by atoms with Crippen molar-refractivity contribution in [1.82, 2.24) is 9.38 Å². The van der Waals surface area contributed by atoms with Crippen molar-refractivity contribution >= 4 is 28.8 Å². The van der Waals surface area contributed by atoms with Gasteiger partial charge in [0.05, 0.1) is 5.02 Å². The maximum atomic E-state index is 14.4. The molecular formula is C16H10Cl2F4N2. The maximum absolute atomic E-state index is 14.4. The van der Waals surface area contributed by atoms with E-state index in [1.165, 1.54) is 12.3 Å². The van der Waals surface area contributed by atoms with Crippen molar-refractivity contribution in [1.29, 1.82) is 0 Å². The number of aryl methyl sites for hydroxylation is 1. The van der Waals surface area contributed by atoms with Gasteiger partial charge < -0.3 is 0 Å². The van der Waals surface area contributed by atoms with Crippen molar-refractivity contribution in [3.05, 3.63) is 57.7 Å². The summed E-state index contributed by atoms with van der Waals surface area (Å²) in [7, 11) is 0. The van der Waals surface area contributed by atoms with E-state index in [4.69, 9.17) is 23.2 Å². The first-order valence-electron chi connectivity index (χ1n) is 6.95. The average Bonchev–Trinajstić information content (AvgIpc) is 2.95. The number of alkyl halides is 3. The van der Waals surface area contributed by atoms with Crippen molar-refractivity contribution < 1.29 is 17.6 Å². The normalized spacial score (nSPS) is 12.1. The summed E-state index contributed by atoms with van der Waals surface area (Å²) in [4.78, 5) is 3.93. The number of hydrogen-bond acceptors (Lipinski definition) is 1. The molecule has 0 aliphatic rings. The highest BCUT2D eigenvalue weighted by Gasteiger charge is 2.35. The van der Waals surface area contributed by atoms with Crippen LogP contribution in [0.25, 0.3) is 16.8 Å². The smallest absolute Gasteiger partial charge is 0.295 e. The average molecular weight is 377 g/mol.